The Morgan fingerprint density at radius 1 is 0.639 bits per heavy atom. The number of fused-ring (bicyclic) bond motifs is 3. The molecule has 0 N–H and O–H groups in total. The van der Waals surface area contributed by atoms with Gasteiger partial charge < -0.3 is 0 Å². The summed E-state index contributed by atoms with van der Waals surface area (Å²) in [5.74, 6) is 0.923. The van der Waals surface area contributed by atoms with Gasteiger partial charge in [0.2, 0.25) is 0 Å². The highest BCUT2D eigenvalue weighted by Gasteiger charge is 2.20. The summed E-state index contributed by atoms with van der Waals surface area (Å²) in [6.07, 6.45) is 0. The van der Waals surface area contributed by atoms with Crippen LogP contribution < -0.4 is 0 Å². The van der Waals surface area contributed by atoms with Crippen molar-refractivity contribution in [2.24, 2.45) is 0 Å². The van der Waals surface area contributed by atoms with E-state index in [0.717, 1.165) is 44.4 Å². The van der Waals surface area contributed by atoms with Crippen molar-refractivity contribution >= 4 is 21.8 Å². The van der Waals surface area contributed by atoms with Crippen LogP contribution in [0.3, 0.4) is 0 Å². The molecule has 0 amide bonds. The van der Waals surface area contributed by atoms with E-state index in [-0.39, 0.29) is 0 Å². The lowest BCUT2D eigenvalue weighted by Gasteiger charge is -2.19. The monoisotopic (exact) mass is 463 g/mol. The predicted octanol–water partition coefficient (Wildman–Crippen LogP) is 8.31. The van der Waals surface area contributed by atoms with Gasteiger partial charge in [-0.05, 0) is 72.9 Å². The fraction of sp³-hybridized carbons (Fsp3) is 0.0909. The molecular formula is C33H25N3. The predicted molar refractivity (Wildman–Crippen MR) is 148 cm³/mol. The normalized spacial score (nSPS) is 11.2. The Hall–Kier alpha value is -4.68. The van der Waals surface area contributed by atoms with Gasteiger partial charge in [0.1, 0.15) is 5.82 Å². The third kappa shape index (κ3) is 3.31. The van der Waals surface area contributed by atoms with Crippen molar-refractivity contribution in [3.8, 4) is 34.3 Å². The third-order valence-electron chi connectivity index (χ3n) is 7.31. The van der Waals surface area contributed by atoms with Crippen LogP contribution >= 0.6 is 0 Å². The Bertz CT molecular complexity index is 1820. The van der Waals surface area contributed by atoms with Crippen molar-refractivity contribution in [2.75, 3.05) is 0 Å². The Kier molecular flexibility index (Phi) is 5.16. The maximum Gasteiger partial charge on any atom is 0.141 e. The zero-order valence-corrected chi connectivity index (χ0v) is 20.6. The zero-order chi connectivity index (χ0) is 24.8. The first-order valence-corrected chi connectivity index (χ1v) is 12.1. The lowest BCUT2D eigenvalue weighted by atomic mass is 9.93. The highest BCUT2D eigenvalue weighted by Crippen LogP contribution is 2.38. The molecule has 2 heterocycles. The van der Waals surface area contributed by atoms with Gasteiger partial charge in [-0.3, -0.25) is 4.57 Å². The molecule has 6 rings (SSSR count). The number of hydrogen-bond acceptors (Lipinski definition) is 2. The summed E-state index contributed by atoms with van der Waals surface area (Å²) in [7, 11) is 0. The van der Waals surface area contributed by atoms with Crippen LogP contribution in [0.2, 0.25) is 0 Å². The number of aromatic nitrogens is 2. The SMILES string of the molecule is Cc1c(-c2ccccc2-c2ccccc2)nc(-n2c3ccccc3c3cc(C#N)ccc32)c(C)c1C. The summed E-state index contributed by atoms with van der Waals surface area (Å²) in [4.78, 5) is 5.37. The number of para-hydroxylation sites is 1. The first kappa shape index (κ1) is 21.8. The number of hydrogen-bond donors (Lipinski definition) is 0. The number of nitrogens with zero attached hydrogens (tertiary/aromatic N) is 3. The highest BCUT2D eigenvalue weighted by molar-refractivity contribution is 6.09. The van der Waals surface area contributed by atoms with Gasteiger partial charge in [0, 0.05) is 16.3 Å². The van der Waals surface area contributed by atoms with E-state index in [1.165, 1.54) is 22.3 Å². The molecule has 0 spiro atoms. The van der Waals surface area contributed by atoms with Crippen LogP contribution in [-0.2, 0) is 0 Å². The first-order chi connectivity index (χ1) is 17.6. The van der Waals surface area contributed by atoms with E-state index in [1.807, 2.05) is 30.3 Å². The minimum absolute atomic E-state index is 0.660. The van der Waals surface area contributed by atoms with E-state index in [2.05, 4.69) is 98.1 Å². The Labute approximate surface area is 210 Å². The maximum atomic E-state index is 9.52. The van der Waals surface area contributed by atoms with E-state index in [4.69, 9.17) is 4.98 Å². The molecule has 36 heavy (non-hydrogen) atoms. The van der Waals surface area contributed by atoms with Crippen LogP contribution in [0, 0.1) is 32.1 Å². The van der Waals surface area contributed by atoms with Crippen molar-refractivity contribution in [1.82, 2.24) is 9.55 Å². The van der Waals surface area contributed by atoms with Gasteiger partial charge in [0.05, 0.1) is 28.4 Å². The second-order valence-electron chi connectivity index (χ2n) is 9.27. The van der Waals surface area contributed by atoms with E-state index < -0.39 is 0 Å². The summed E-state index contributed by atoms with van der Waals surface area (Å²) in [5, 5.41) is 11.7. The van der Waals surface area contributed by atoms with Crippen LogP contribution in [-0.4, -0.2) is 9.55 Å². The minimum Gasteiger partial charge on any atom is -0.294 e. The van der Waals surface area contributed by atoms with Crippen LogP contribution in [0.1, 0.15) is 22.3 Å². The van der Waals surface area contributed by atoms with Gasteiger partial charge in [0.25, 0.3) is 0 Å². The third-order valence-corrected chi connectivity index (χ3v) is 7.31. The van der Waals surface area contributed by atoms with Crippen LogP contribution in [0.25, 0.3) is 50.0 Å². The fourth-order valence-electron chi connectivity index (χ4n) is 5.21. The van der Waals surface area contributed by atoms with Crippen molar-refractivity contribution in [3.63, 3.8) is 0 Å². The van der Waals surface area contributed by atoms with Gasteiger partial charge in [-0.15, -0.1) is 0 Å². The molecular weight excluding hydrogens is 438 g/mol. The van der Waals surface area contributed by atoms with Gasteiger partial charge in [-0.1, -0.05) is 72.8 Å². The summed E-state index contributed by atoms with van der Waals surface area (Å²) in [6, 6.07) is 35.6. The Morgan fingerprint density at radius 3 is 2.08 bits per heavy atom. The molecule has 0 aliphatic rings. The second kappa shape index (κ2) is 8.52. The van der Waals surface area contributed by atoms with Crippen molar-refractivity contribution in [1.29, 1.82) is 5.26 Å². The molecule has 4 aromatic carbocycles. The molecule has 172 valence electrons. The van der Waals surface area contributed by atoms with Crippen LogP contribution in [0.4, 0.5) is 0 Å². The first-order valence-electron chi connectivity index (χ1n) is 12.1. The molecule has 0 unspecified atom stereocenters. The quantitative estimate of drug-likeness (QED) is 0.265. The molecule has 6 aromatic rings. The number of nitriles is 1. The Balaban J connectivity index is 1.69. The molecule has 0 saturated carbocycles. The molecule has 0 fully saturated rings. The van der Waals surface area contributed by atoms with E-state index in [1.54, 1.807) is 0 Å². The van der Waals surface area contributed by atoms with Crippen molar-refractivity contribution in [3.05, 3.63) is 119 Å². The van der Waals surface area contributed by atoms with E-state index in [0.29, 0.717) is 5.56 Å². The van der Waals surface area contributed by atoms with Crippen molar-refractivity contribution < 1.29 is 0 Å². The van der Waals surface area contributed by atoms with Gasteiger partial charge in [-0.2, -0.15) is 5.26 Å². The Morgan fingerprint density at radius 2 is 1.31 bits per heavy atom. The average molecular weight is 464 g/mol. The molecule has 0 aliphatic carbocycles. The summed E-state index contributed by atoms with van der Waals surface area (Å²) < 4.78 is 2.25. The number of rotatable bonds is 3. The van der Waals surface area contributed by atoms with E-state index in [9.17, 15) is 5.26 Å². The molecule has 2 aromatic heterocycles. The topological polar surface area (TPSA) is 41.6 Å². The smallest absolute Gasteiger partial charge is 0.141 e. The minimum atomic E-state index is 0.660. The van der Waals surface area contributed by atoms with Gasteiger partial charge in [-0.25, -0.2) is 4.98 Å². The summed E-state index contributed by atoms with van der Waals surface area (Å²) in [6.45, 7) is 6.51. The molecule has 3 nitrogen and oxygen atoms in total. The number of benzene rings is 4. The molecule has 0 radical (unpaired) electrons. The van der Waals surface area contributed by atoms with Crippen LogP contribution in [0.15, 0.2) is 97.1 Å². The van der Waals surface area contributed by atoms with Crippen molar-refractivity contribution in [2.45, 2.75) is 20.8 Å². The summed E-state index contributed by atoms with van der Waals surface area (Å²) in [5.41, 5.74) is 10.8. The van der Waals surface area contributed by atoms with Crippen LogP contribution in [0.5, 0.6) is 0 Å². The zero-order valence-electron chi connectivity index (χ0n) is 20.6. The largest absolute Gasteiger partial charge is 0.294 e. The average Bonchev–Trinajstić information content (AvgIpc) is 3.26. The van der Waals surface area contributed by atoms with Gasteiger partial charge >= 0.3 is 0 Å². The fourth-order valence-corrected chi connectivity index (χ4v) is 5.21. The van der Waals surface area contributed by atoms with Gasteiger partial charge in [0.15, 0.2) is 0 Å². The standard InChI is InChI=1S/C33H25N3/c1-21-22(2)32(28-15-8-7-13-26(28)25-11-5-4-6-12-25)35-33(23(21)3)36-30-16-10-9-14-27(30)29-19-24(20-34)17-18-31(29)36/h4-19H,1-3H3. The number of pyridine rings is 1. The lowest BCUT2D eigenvalue weighted by Crippen LogP contribution is -2.06. The highest BCUT2D eigenvalue weighted by atomic mass is 15.1. The lowest BCUT2D eigenvalue weighted by molar-refractivity contribution is 1.03. The molecule has 0 saturated heterocycles. The maximum absolute atomic E-state index is 9.52. The second-order valence-corrected chi connectivity index (χ2v) is 9.27. The van der Waals surface area contributed by atoms with E-state index >= 15 is 0 Å². The molecule has 3 heteroatoms. The molecule has 0 atom stereocenters. The molecule has 0 aliphatic heterocycles. The summed E-state index contributed by atoms with van der Waals surface area (Å²) >= 11 is 0. The molecule has 0 bridgehead atoms.